The van der Waals surface area contributed by atoms with Crippen LogP contribution in [0.3, 0.4) is 0 Å². The molecule has 0 bridgehead atoms. The van der Waals surface area contributed by atoms with Crippen LogP contribution < -0.4 is 4.74 Å². The van der Waals surface area contributed by atoms with Crippen molar-refractivity contribution in [2.45, 2.75) is 51.5 Å². The third kappa shape index (κ3) is 5.49. The molecule has 2 heterocycles. The molecule has 1 aromatic heterocycles. The molecular formula is C15H21ClFN3O3. The van der Waals surface area contributed by atoms with Crippen molar-refractivity contribution in [1.29, 1.82) is 0 Å². The van der Waals surface area contributed by atoms with E-state index in [2.05, 4.69) is 9.97 Å². The molecule has 2 rings (SSSR count). The van der Waals surface area contributed by atoms with Gasteiger partial charge in [-0.15, -0.1) is 0 Å². The second kappa shape index (κ2) is 7.29. The third-order valence-corrected chi connectivity index (χ3v) is 3.45. The van der Waals surface area contributed by atoms with Gasteiger partial charge in [0.15, 0.2) is 5.15 Å². The Morgan fingerprint density at radius 2 is 2.04 bits per heavy atom. The van der Waals surface area contributed by atoms with Crippen LogP contribution in [0.25, 0.3) is 0 Å². The summed E-state index contributed by atoms with van der Waals surface area (Å²) in [5.74, 6) is 0.177. The quantitative estimate of drug-likeness (QED) is 0.823. The molecule has 2 atom stereocenters. The maximum atomic E-state index is 14.3. The lowest BCUT2D eigenvalue weighted by Gasteiger charge is -2.26. The Hall–Kier alpha value is -1.63. The van der Waals surface area contributed by atoms with Crippen molar-refractivity contribution in [3.8, 4) is 5.88 Å². The van der Waals surface area contributed by atoms with E-state index in [0.717, 1.165) is 0 Å². The topological polar surface area (TPSA) is 64.5 Å². The van der Waals surface area contributed by atoms with Crippen molar-refractivity contribution in [1.82, 2.24) is 14.9 Å². The van der Waals surface area contributed by atoms with Crippen LogP contribution in [-0.2, 0) is 4.74 Å². The van der Waals surface area contributed by atoms with Crippen LogP contribution >= 0.6 is 11.6 Å². The Kier molecular flexibility index (Phi) is 5.62. The van der Waals surface area contributed by atoms with Crippen LogP contribution in [0.2, 0.25) is 5.15 Å². The van der Waals surface area contributed by atoms with Gasteiger partial charge in [0.25, 0.3) is 0 Å². The Labute approximate surface area is 139 Å². The van der Waals surface area contributed by atoms with Crippen LogP contribution in [-0.4, -0.2) is 51.9 Å². The molecule has 2 unspecified atom stereocenters. The van der Waals surface area contributed by atoms with E-state index in [4.69, 9.17) is 21.1 Å². The number of ether oxygens (including phenoxy) is 2. The fraction of sp³-hybridized carbons (Fsp3) is 0.667. The number of rotatable bonds is 2. The van der Waals surface area contributed by atoms with Crippen molar-refractivity contribution in [3.63, 3.8) is 0 Å². The van der Waals surface area contributed by atoms with Gasteiger partial charge in [0.2, 0.25) is 5.88 Å². The van der Waals surface area contributed by atoms with Crippen LogP contribution in [0.1, 0.15) is 33.6 Å². The molecule has 0 radical (unpaired) electrons. The van der Waals surface area contributed by atoms with Gasteiger partial charge in [0.1, 0.15) is 17.9 Å². The van der Waals surface area contributed by atoms with Crippen molar-refractivity contribution in [2.75, 3.05) is 13.1 Å². The van der Waals surface area contributed by atoms with Crippen molar-refractivity contribution in [2.24, 2.45) is 0 Å². The number of halogens is 2. The summed E-state index contributed by atoms with van der Waals surface area (Å²) in [6, 6.07) is 0. The maximum Gasteiger partial charge on any atom is 0.410 e. The molecule has 1 aliphatic rings. The van der Waals surface area contributed by atoms with Crippen LogP contribution in [0.15, 0.2) is 12.4 Å². The van der Waals surface area contributed by atoms with Gasteiger partial charge in [-0.1, -0.05) is 11.6 Å². The van der Waals surface area contributed by atoms with E-state index in [1.165, 1.54) is 17.3 Å². The normalized spacial score (nSPS) is 22.4. The fourth-order valence-corrected chi connectivity index (χ4v) is 2.36. The predicted molar refractivity (Wildman–Crippen MR) is 83.4 cm³/mol. The fourth-order valence-electron chi connectivity index (χ4n) is 2.22. The SMILES string of the molecule is CC(C)(C)OC(=O)N1CCC(F)C(Oc2cncc(Cl)n2)CC1. The Morgan fingerprint density at radius 3 is 2.70 bits per heavy atom. The Morgan fingerprint density at radius 1 is 1.35 bits per heavy atom. The van der Waals surface area contributed by atoms with Crippen LogP contribution in [0, 0.1) is 0 Å². The molecule has 1 fully saturated rings. The summed E-state index contributed by atoms with van der Waals surface area (Å²) in [5.41, 5.74) is -0.579. The minimum atomic E-state index is -1.21. The van der Waals surface area contributed by atoms with Gasteiger partial charge in [0.05, 0.1) is 12.4 Å². The molecule has 8 heteroatoms. The maximum absolute atomic E-state index is 14.3. The zero-order valence-electron chi connectivity index (χ0n) is 13.5. The zero-order valence-corrected chi connectivity index (χ0v) is 14.2. The average molecular weight is 346 g/mol. The number of likely N-dealkylation sites (tertiary alicyclic amines) is 1. The third-order valence-electron chi connectivity index (χ3n) is 3.27. The lowest BCUT2D eigenvalue weighted by Crippen LogP contribution is -2.37. The van der Waals surface area contributed by atoms with Gasteiger partial charge in [-0.3, -0.25) is 4.98 Å². The van der Waals surface area contributed by atoms with Gasteiger partial charge in [-0.25, -0.2) is 9.18 Å². The highest BCUT2D eigenvalue weighted by Gasteiger charge is 2.31. The number of hydrogen-bond acceptors (Lipinski definition) is 5. The predicted octanol–water partition coefficient (Wildman–Crippen LogP) is 3.25. The number of nitrogens with zero attached hydrogens (tertiary/aromatic N) is 3. The highest BCUT2D eigenvalue weighted by Crippen LogP contribution is 2.22. The number of hydrogen-bond donors (Lipinski definition) is 0. The largest absolute Gasteiger partial charge is 0.470 e. The van der Waals surface area contributed by atoms with Gasteiger partial charge in [-0.2, -0.15) is 4.98 Å². The molecule has 0 spiro atoms. The molecule has 0 saturated carbocycles. The second-order valence-corrected chi connectivity index (χ2v) is 6.78. The van der Waals surface area contributed by atoms with Gasteiger partial charge < -0.3 is 14.4 Å². The summed E-state index contributed by atoms with van der Waals surface area (Å²) in [6.45, 7) is 6.03. The molecule has 1 amide bonds. The molecule has 1 aromatic rings. The molecule has 23 heavy (non-hydrogen) atoms. The van der Waals surface area contributed by atoms with E-state index in [0.29, 0.717) is 13.0 Å². The lowest BCUT2D eigenvalue weighted by atomic mass is 10.1. The molecule has 0 N–H and O–H groups in total. The molecule has 1 aliphatic heterocycles. The van der Waals surface area contributed by atoms with Gasteiger partial charge in [0, 0.05) is 19.5 Å². The van der Waals surface area contributed by atoms with E-state index >= 15 is 0 Å². The zero-order chi connectivity index (χ0) is 17.0. The molecule has 0 aromatic carbocycles. The summed E-state index contributed by atoms with van der Waals surface area (Å²) in [5, 5.41) is 0.182. The summed E-state index contributed by atoms with van der Waals surface area (Å²) >= 11 is 5.74. The van der Waals surface area contributed by atoms with Crippen molar-refractivity contribution < 1.29 is 18.7 Å². The number of carbonyl (C=O) groups is 1. The summed E-state index contributed by atoms with van der Waals surface area (Å²) in [4.78, 5) is 21.4. The highest BCUT2D eigenvalue weighted by molar-refractivity contribution is 6.29. The molecule has 0 aliphatic carbocycles. The molecule has 128 valence electrons. The Balaban J connectivity index is 1.96. The molecule has 1 saturated heterocycles. The highest BCUT2D eigenvalue weighted by atomic mass is 35.5. The van der Waals surface area contributed by atoms with Crippen molar-refractivity contribution >= 4 is 17.7 Å². The smallest absolute Gasteiger partial charge is 0.410 e. The van der Waals surface area contributed by atoms with E-state index < -0.39 is 24.0 Å². The first kappa shape index (κ1) is 17.7. The summed E-state index contributed by atoms with van der Waals surface area (Å²) in [6.07, 6.45) is 0.937. The molecule has 6 nitrogen and oxygen atoms in total. The summed E-state index contributed by atoms with van der Waals surface area (Å²) in [7, 11) is 0. The number of carbonyl (C=O) groups excluding carboxylic acids is 1. The number of aromatic nitrogens is 2. The monoisotopic (exact) mass is 345 g/mol. The minimum Gasteiger partial charge on any atom is -0.470 e. The average Bonchev–Trinajstić information content (AvgIpc) is 2.60. The van der Waals surface area contributed by atoms with E-state index in [1.807, 2.05) is 0 Å². The standard InChI is InChI=1S/C15H21ClFN3O3/c1-15(2,3)23-14(21)20-6-4-10(17)11(5-7-20)22-13-9-18-8-12(16)19-13/h8-11H,4-7H2,1-3H3. The second-order valence-electron chi connectivity index (χ2n) is 6.40. The van der Waals surface area contributed by atoms with Gasteiger partial charge in [-0.05, 0) is 27.2 Å². The van der Waals surface area contributed by atoms with E-state index in [9.17, 15) is 9.18 Å². The first-order valence-corrected chi connectivity index (χ1v) is 7.88. The Bertz CT molecular complexity index is 553. The van der Waals surface area contributed by atoms with Gasteiger partial charge >= 0.3 is 6.09 Å². The van der Waals surface area contributed by atoms with E-state index in [1.54, 1.807) is 20.8 Å². The van der Waals surface area contributed by atoms with E-state index in [-0.39, 0.29) is 24.0 Å². The van der Waals surface area contributed by atoms with Crippen LogP contribution in [0.5, 0.6) is 5.88 Å². The first-order chi connectivity index (χ1) is 10.7. The molecular weight excluding hydrogens is 325 g/mol. The summed E-state index contributed by atoms with van der Waals surface area (Å²) < 4.78 is 25.2. The number of alkyl halides is 1. The first-order valence-electron chi connectivity index (χ1n) is 7.51. The van der Waals surface area contributed by atoms with Crippen molar-refractivity contribution in [3.05, 3.63) is 17.5 Å². The minimum absolute atomic E-state index is 0.177. The lowest BCUT2D eigenvalue weighted by molar-refractivity contribution is 0.0252. The van der Waals surface area contributed by atoms with Crippen LogP contribution in [0.4, 0.5) is 9.18 Å². The number of amides is 1.